The molecule has 1 spiro atoms. The number of anilines is 1. The molecule has 1 aromatic carbocycles. The summed E-state index contributed by atoms with van der Waals surface area (Å²) in [6.45, 7) is 13.1. The first-order valence-corrected chi connectivity index (χ1v) is 15.2. The molecule has 3 fully saturated rings. The van der Waals surface area contributed by atoms with Crippen molar-refractivity contribution in [2.75, 3.05) is 31.1 Å². The number of amides is 3. The number of para-hydroxylation sites is 1. The lowest BCUT2D eigenvalue weighted by Gasteiger charge is -2.38. The highest BCUT2D eigenvalue weighted by atomic mass is 32.2. The summed E-state index contributed by atoms with van der Waals surface area (Å²) >= 11 is 1.71. The van der Waals surface area contributed by atoms with E-state index in [-0.39, 0.29) is 35.6 Å². The van der Waals surface area contributed by atoms with Gasteiger partial charge in [-0.2, -0.15) is 0 Å². The van der Waals surface area contributed by atoms with Crippen molar-refractivity contribution in [3.05, 3.63) is 55.6 Å². The molecule has 3 amide bonds. The van der Waals surface area contributed by atoms with Crippen LogP contribution in [0.3, 0.4) is 0 Å². The van der Waals surface area contributed by atoms with Crippen molar-refractivity contribution < 1.29 is 19.5 Å². The third-order valence-corrected chi connectivity index (χ3v) is 10.5. The maximum atomic E-state index is 14.3. The van der Waals surface area contributed by atoms with Gasteiger partial charge in [-0.3, -0.25) is 14.4 Å². The monoisotopic (exact) mass is 553 g/mol. The van der Waals surface area contributed by atoms with Gasteiger partial charge in [0.2, 0.25) is 17.7 Å². The van der Waals surface area contributed by atoms with Crippen LogP contribution < -0.4 is 4.90 Å². The first-order chi connectivity index (χ1) is 18.8. The third-order valence-electron chi connectivity index (χ3n) is 8.50. The lowest BCUT2D eigenvalue weighted by Crippen LogP contribution is -2.56. The Kier molecular flexibility index (Phi) is 9.60. The van der Waals surface area contributed by atoms with Crippen LogP contribution in [0.5, 0.6) is 0 Å². The molecule has 2 bridgehead atoms. The number of aliphatic hydroxyl groups excluding tert-OH is 1. The number of carbonyl (C=O) groups is 3. The lowest BCUT2D eigenvalue weighted by molar-refractivity contribution is -0.143. The highest BCUT2D eigenvalue weighted by Crippen LogP contribution is 2.66. The SMILES string of the molecule is C=CCN(C(=O)[C@@H]1[C@H]2C(=O)N(CCCCCCO)C(C(=O)N(CC=C)C(C)C)C23CC[C@H]1S3)c1ccccc1. The van der Waals surface area contributed by atoms with Crippen molar-refractivity contribution in [3.8, 4) is 0 Å². The zero-order chi connectivity index (χ0) is 28.2. The van der Waals surface area contributed by atoms with Gasteiger partial charge in [-0.05, 0) is 51.7 Å². The zero-order valence-electron chi connectivity index (χ0n) is 23.3. The van der Waals surface area contributed by atoms with Crippen molar-refractivity contribution in [2.24, 2.45) is 11.8 Å². The second-order valence-electron chi connectivity index (χ2n) is 11.2. The van der Waals surface area contributed by atoms with E-state index in [0.29, 0.717) is 19.6 Å². The summed E-state index contributed by atoms with van der Waals surface area (Å²) < 4.78 is -0.602. The van der Waals surface area contributed by atoms with Gasteiger partial charge in [-0.15, -0.1) is 24.9 Å². The number of thioether (sulfide) groups is 1. The molecule has 1 aromatic rings. The fourth-order valence-corrected chi connectivity index (χ4v) is 9.00. The first kappa shape index (κ1) is 29.4. The molecular formula is C31H43N3O4S. The molecule has 8 heteroatoms. The normalized spacial score (nSPS) is 27.1. The predicted octanol–water partition coefficient (Wildman–Crippen LogP) is 4.27. The molecule has 7 nitrogen and oxygen atoms in total. The molecule has 0 saturated carbocycles. The Labute approximate surface area is 237 Å². The highest BCUT2D eigenvalue weighted by Gasteiger charge is 2.74. The van der Waals surface area contributed by atoms with Crippen molar-refractivity contribution in [1.29, 1.82) is 0 Å². The van der Waals surface area contributed by atoms with Crippen LogP contribution in [0.2, 0.25) is 0 Å². The van der Waals surface area contributed by atoms with E-state index in [4.69, 9.17) is 5.11 Å². The van der Waals surface area contributed by atoms with E-state index in [0.717, 1.165) is 44.2 Å². The quantitative estimate of drug-likeness (QED) is 0.275. The average Bonchev–Trinajstić information content (AvgIpc) is 3.57. The molecule has 3 aliphatic rings. The fraction of sp³-hybridized carbons (Fsp3) is 0.581. The molecule has 3 saturated heterocycles. The average molecular weight is 554 g/mol. The summed E-state index contributed by atoms with van der Waals surface area (Å²) in [5, 5.41) is 9.17. The van der Waals surface area contributed by atoms with Crippen LogP contribution in [0.15, 0.2) is 55.6 Å². The second kappa shape index (κ2) is 12.7. The Hall–Kier alpha value is -2.58. The van der Waals surface area contributed by atoms with Gasteiger partial charge in [0, 0.05) is 43.2 Å². The number of aliphatic hydroxyl groups is 1. The minimum Gasteiger partial charge on any atom is -0.396 e. The highest BCUT2D eigenvalue weighted by molar-refractivity contribution is 8.02. The van der Waals surface area contributed by atoms with Gasteiger partial charge in [-0.1, -0.05) is 43.2 Å². The van der Waals surface area contributed by atoms with Crippen LogP contribution in [0.25, 0.3) is 0 Å². The molecule has 212 valence electrons. The van der Waals surface area contributed by atoms with E-state index < -0.39 is 22.6 Å². The molecule has 4 rings (SSSR count). The van der Waals surface area contributed by atoms with Crippen molar-refractivity contribution in [3.63, 3.8) is 0 Å². The number of hydrogen-bond acceptors (Lipinski definition) is 5. The molecule has 1 N–H and O–H groups in total. The number of rotatable bonds is 14. The Morgan fingerprint density at radius 3 is 2.44 bits per heavy atom. The molecule has 0 radical (unpaired) electrons. The van der Waals surface area contributed by atoms with E-state index >= 15 is 0 Å². The van der Waals surface area contributed by atoms with Gasteiger partial charge >= 0.3 is 0 Å². The van der Waals surface area contributed by atoms with Gasteiger partial charge in [0.15, 0.2) is 0 Å². The molecular weight excluding hydrogens is 510 g/mol. The van der Waals surface area contributed by atoms with Crippen molar-refractivity contribution in [2.45, 2.75) is 74.5 Å². The van der Waals surface area contributed by atoms with Gasteiger partial charge in [0.1, 0.15) is 6.04 Å². The topological polar surface area (TPSA) is 81.2 Å². The number of carbonyl (C=O) groups excluding carboxylic acids is 3. The van der Waals surface area contributed by atoms with Crippen LogP contribution in [0, 0.1) is 11.8 Å². The third kappa shape index (κ3) is 5.42. The molecule has 39 heavy (non-hydrogen) atoms. The minimum absolute atomic E-state index is 0.0105. The van der Waals surface area contributed by atoms with Gasteiger partial charge in [0.25, 0.3) is 0 Å². The van der Waals surface area contributed by atoms with Crippen LogP contribution in [0.4, 0.5) is 5.69 Å². The summed E-state index contributed by atoms with van der Waals surface area (Å²) in [6.07, 6.45) is 8.29. The standard InChI is InChI=1S/C31H43N3O4S/c1-5-18-32(22(3)4)30(38)27-31-17-16-24(39-31)25(26(31)29(37)34(27)20-12-7-8-13-21-35)28(36)33(19-6-2)23-14-10-9-11-15-23/h5-6,9-11,14-15,22,24-27,35H,1-2,7-8,12-13,16-21H2,3-4H3/t24-,25+,26+,27?,31?/m1/s1. The van der Waals surface area contributed by atoms with E-state index in [1.165, 1.54) is 0 Å². The van der Waals surface area contributed by atoms with Crippen LogP contribution in [0.1, 0.15) is 52.4 Å². The summed E-state index contributed by atoms with van der Waals surface area (Å²) in [5.41, 5.74) is 0.792. The number of unbranched alkanes of at least 4 members (excludes halogenated alkanes) is 3. The number of nitrogens with zero attached hydrogens (tertiary/aromatic N) is 3. The zero-order valence-corrected chi connectivity index (χ0v) is 24.2. The number of fused-ring (bicyclic) bond motifs is 1. The van der Waals surface area contributed by atoms with Gasteiger partial charge in [0.05, 0.1) is 16.6 Å². The van der Waals surface area contributed by atoms with Crippen LogP contribution in [-0.4, -0.2) is 80.9 Å². The van der Waals surface area contributed by atoms with Gasteiger partial charge in [-0.25, -0.2) is 0 Å². The maximum Gasteiger partial charge on any atom is 0.247 e. The van der Waals surface area contributed by atoms with E-state index in [2.05, 4.69) is 13.2 Å². The van der Waals surface area contributed by atoms with Crippen molar-refractivity contribution in [1.82, 2.24) is 9.80 Å². The summed E-state index contributed by atoms with van der Waals surface area (Å²) in [7, 11) is 0. The first-order valence-electron chi connectivity index (χ1n) is 14.3. The predicted molar refractivity (Wildman–Crippen MR) is 157 cm³/mol. The maximum absolute atomic E-state index is 14.3. The minimum atomic E-state index is -0.602. The van der Waals surface area contributed by atoms with E-state index in [9.17, 15) is 14.4 Å². The Bertz CT molecular complexity index is 1060. The van der Waals surface area contributed by atoms with Crippen LogP contribution in [-0.2, 0) is 14.4 Å². The Morgan fingerprint density at radius 1 is 1.10 bits per heavy atom. The molecule has 3 aliphatic heterocycles. The Balaban J connectivity index is 1.69. The number of benzene rings is 1. The number of hydrogen-bond donors (Lipinski definition) is 1. The molecule has 5 atom stereocenters. The largest absolute Gasteiger partial charge is 0.396 e. The van der Waals surface area contributed by atoms with Crippen molar-refractivity contribution >= 4 is 35.2 Å². The summed E-state index contributed by atoms with van der Waals surface area (Å²) in [4.78, 5) is 48.1. The second-order valence-corrected chi connectivity index (χ2v) is 12.8. The molecule has 0 aliphatic carbocycles. The molecule has 2 unspecified atom stereocenters. The summed E-state index contributed by atoms with van der Waals surface area (Å²) in [6, 6.07) is 8.93. The fourth-order valence-electron chi connectivity index (χ4n) is 6.79. The Morgan fingerprint density at radius 2 is 1.79 bits per heavy atom. The van der Waals surface area contributed by atoms with E-state index in [1.807, 2.05) is 49.1 Å². The smallest absolute Gasteiger partial charge is 0.247 e. The lowest BCUT2D eigenvalue weighted by atomic mass is 9.70. The summed E-state index contributed by atoms with van der Waals surface area (Å²) in [5.74, 6) is -1.14. The molecule has 3 heterocycles. The number of likely N-dealkylation sites (tertiary alicyclic amines) is 1. The van der Waals surface area contributed by atoms with E-state index in [1.54, 1.807) is 33.7 Å². The van der Waals surface area contributed by atoms with Gasteiger partial charge < -0.3 is 19.8 Å². The molecule has 0 aromatic heterocycles. The van der Waals surface area contributed by atoms with Crippen LogP contribution >= 0.6 is 11.8 Å².